The average Bonchev–Trinajstić information content (AvgIpc) is 3.04. The summed E-state index contributed by atoms with van der Waals surface area (Å²) < 4.78 is 21.6. The van der Waals surface area contributed by atoms with E-state index < -0.39 is 5.41 Å². The van der Waals surface area contributed by atoms with E-state index in [1.54, 1.807) is 72.8 Å². The van der Waals surface area contributed by atoms with Crippen LogP contribution in [-0.4, -0.2) is 53.6 Å². The van der Waals surface area contributed by atoms with E-state index in [1.165, 1.54) is 28.4 Å². The number of benzene rings is 4. The highest BCUT2D eigenvalue weighted by molar-refractivity contribution is 5.85. The Balaban J connectivity index is 2.27. The monoisotopic (exact) mass is 552 g/mol. The van der Waals surface area contributed by atoms with E-state index >= 15 is 0 Å². The van der Waals surface area contributed by atoms with Crippen molar-refractivity contribution in [1.82, 2.24) is 0 Å². The molecule has 0 fully saturated rings. The molecule has 0 heterocycles. The van der Waals surface area contributed by atoms with Gasteiger partial charge in [0, 0.05) is 0 Å². The van der Waals surface area contributed by atoms with Gasteiger partial charge in [0.25, 0.3) is 0 Å². The molecule has 0 bridgehead atoms. The van der Waals surface area contributed by atoms with E-state index in [4.69, 9.17) is 18.9 Å². The lowest BCUT2D eigenvalue weighted by atomic mass is 9.64. The van der Waals surface area contributed by atoms with Crippen molar-refractivity contribution in [3.05, 3.63) is 117 Å². The smallest absolute Gasteiger partial charge is 0.153 e. The van der Waals surface area contributed by atoms with Crippen molar-refractivity contribution >= 4 is 25.1 Å². The van der Waals surface area contributed by atoms with E-state index in [0.717, 1.165) is 0 Å². The molecule has 0 aliphatic rings. The van der Waals surface area contributed by atoms with Crippen LogP contribution in [0, 0.1) is 0 Å². The summed E-state index contributed by atoms with van der Waals surface area (Å²) >= 11 is 0. The van der Waals surface area contributed by atoms with Crippen LogP contribution in [0.1, 0.15) is 63.7 Å². The van der Waals surface area contributed by atoms with Gasteiger partial charge in [-0.25, -0.2) is 0 Å². The number of methoxy groups -OCH3 is 4. The highest BCUT2D eigenvalue weighted by atomic mass is 16.5. The van der Waals surface area contributed by atoms with Crippen molar-refractivity contribution in [2.45, 2.75) is 5.41 Å². The third-order valence-electron chi connectivity index (χ3n) is 7.16. The SMILES string of the molecule is COc1ccc(C(c2ccc(OC)c(C=O)c2)(c2ccc(OC)c(C=O)c2)c2ccc(OC)c(C=O)c2)cc1C=O. The van der Waals surface area contributed by atoms with Crippen LogP contribution in [0.3, 0.4) is 0 Å². The fraction of sp³-hybridized carbons (Fsp3) is 0.152. The topological polar surface area (TPSA) is 105 Å². The van der Waals surface area contributed by atoms with Crippen LogP contribution in [0.15, 0.2) is 72.8 Å². The van der Waals surface area contributed by atoms with Crippen molar-refractivity contribution in [2.24, 2.45) is 0 Å². The Morgan fingerprint density at radius 1 is 0.415 bits per heavy atom. The molecule has 0 spiro atoms. The summed E-state index contributed by atoms with van der Waals surface area (Å²) in [6.07, 6.45) is 2.75. The van der Waals surface area contributed by atoms with Crippen LogP contribution in [0.2, 0.25) is 0 Å². The fourth-order valence-electron chi connectivity index (χ4n) is 5.24. The molecule has 208 valence electrons. The summed E-state index contributed by atoms with van der Waals surface area (Å²) in [7, 11) is 5.87. The maximum absolute atomic E-state index is 12.2. The number of rotatable bonds is 12. The maximum atomic E-state index is 12.2. The number of carbonyl (C=O) groups is 4. The average molecular weight is 553 g/mol. The first-order chi connectivity index (χ1) is 19.9. The van der Waals surface area contributed by atoms with Crippen molar-refractivity contribution in [2.75, 3.05) is 28.4 Å². The molecule has 41 heavy (non-hydrogen) atoms. The van der Waals surface area contributed by atoms with Crippen LogP contribution in [0.5, 0.6) is 23.0 Å². The fourth-order valence-corrected chi connectivity index (χ4v) is 5.24. The minimum atomic E-state index is -1.26. The lowest BCUT2D eigenvalue weighted by molar-refractivity contribution is 0.111. The Morgan fingerprint density at radius 2 is 0.634 bits per heavy atom. The Morgan fingerprint density at radius 3 is 0.805 bits per heavy atom. The zero-order valence-electron chi connectivity index (χ0n) is 23.0. The molecule has 8 nitrogen and oxygen atoms in total. The minimum Gasteiger partial charge on any atom is -0.496 e. The summed E-state index contributed by atoms with van der Waals surface area (Å²) in [5, 5.41) is 0. The summed E-state index contributed by atoms with van der Waals surface area (Å²) in [4.78, 5) is 48.6. The van der Waals surface area contributed by atoms with Gasteiger partial charge in [0.15, 0.2) is 25.1 Å². The van der Waals surface area contributed by atoms with Gasteiger partial charge in [0.1, 0.15) is 23.0 Å². The molecule has 0 amide bonds. The number of carbonyl (C=O) groups excluding carboxylic acids is 4. The largest absolute Gasteiger partial charge is 0.496 e. The summed E-state index contributed by atoms with van der Waals surface area (Å²) in [6, 6.07) is 20.6. The third kappa shape index (κ3) is 4.96. The Labute approximate surface area is 237 Å². The zero-order valence-corrected chi connectivity index (χ0v) is 23.0. The molecule has 0 N–H and O–H groups in total. The number of hydrogen-bond acceptors (Lipinski definition) is 8. The minimum absolute atomic E-state index is 0.284. The molecule has 8 heteroatoms. The molecule has 0 atom stereocenters. The van der Waals surface area contributed by atoms with E-state index in [-0.39, 0.29) is 22.3 Å². The van der Waals surface area contributed by atoms with Crippen molar-refractivity contribution in [3.8, 4) is 23.0 Å². The lowest BCUT2D eigenvalue weighted by Crippen LogP contribution is -2.32. The van der Waals surface area contributed by atoms with Crippen LogP contribution < -0.4 is 18.9 Å². The predicted molar refractivity (Wildman–Crippen MR) is 153 cm³/mol. The number of aldehydes is 4. The molecule has 4 aromatic carbocycles. The molecule has 4 aromatic rings. The molecule has 0 saturated heterocycles. The van der Waals surface area contributed by atoms with Crippen molar-refractivity contribution < 1.29 is 38.1 Å². The molecule has 0 aliphatic heterocycles. The second-order valence-electron chi connectivity index (χ2n) is 9.05. The Bertz CT molecular complexity index is 1380. The second-order valence-corrected chi connectivity index (χ2v) is 9.05. The van der Waals surface area contributed by atoms with Crippen LogP contribution in [-0.2, 0) is 5.41 Å². The quantitative estimate of drug-likeness (QED) is 0.171. The van der Waals surface area contributed by atoms with Crippen molar-refractivity contribution in [1.29, 1.82) is 0 Å². The molecule has 0 aromatic heterocycles. The van der Waals surface area contributed by atoms with Crippen molar-refractivity contribution in [3.63, 3.8) is 0 Å². The highest BCUT2D eigenvalue weighted by Gasteiger charge is 2.40. The summed E-state index contributed by atoms with van der Waals surface area (Å²) in [6.45, 7) is 0. The first-order valence-electron chi connectivity index (χ1n) is 12.5. The molecule has 4 rings (SSSR count). The number of ether oxygens (including phenoxy) is 4. The van der Waals surface area contributed by atoms with E-state index in [9.17, 15) is 19.2 Å². The van der Waals surface area contributed by atoms with Gasteiger partial charge < -0.3 is 18.9 Å². The van der Waals surface area contributed by atoms with Gasteiger partial charge in [-0.1, -0.05) is 24.3 Å². The molecular weight excluding hydrogens is 524 g/mol. The van der Waals surface area contributed by atoms with E-state index in [2.05, 4.69) is 0 Å². The second kappa shape index (κ2) is 12.3. The number of hydrogen-bond donors (Lipinski definition) is 0. The maximum Gasteiger partial charge on any atom is 0.153 e. The van der Waals surface area contributed by atoms with E-state index in [0.29, 0.717) is 70.4 Å². The van der Waals surface area contributed by atoms with Gasteiger partial charge in [-0.05, 0) is 70.8 Å². The Hall–Kier alpha value is -5.24. The van der Waals surface area contributed by atoms with Gasteiger partial charge in [-0.15, -0.1) is 0 Å². The van der Waals surface area contributed by atoms with Gasteiger partial charge in [0.2, 0.25) is 0 Å². The van der Waals surface area contributed by atoms with E-state index in [1.807, 2.05) is 0 Å². The summed E-state index contributed by atoms with van der Waals surface area (Å²) in [5.74, 6) is 1.47. The standard InChI is InChI=1S/C33H28O8/c1-38-29-9-5-25(13-21(29)17-34)33(26-6-10-30(39-2)22(14-26)18-35,27-7-11-31(40-3)23(15-27)19-36)28-8-12-32(41-4)24(16-28)20-37/h5-20H,1-4H3. The molecule has 0 aliphatic carbocycles. The molecular formula is C33H28O8. The molecule has 0 unspecified atom stereocenters. The zero-order chi connectivity index (χ0) is 29.6. The van der Waals surface area contributed by atoms with Gasteiger partial charge in [-0.2, -0.15) is 0 Å². The Kier molecular flexibility index (Phi) is 8.63. The molecule has 0 radical (unpaired) electrons. The summed E-state index contributed by atoms with van der Waals surface area (Å²) in [5.41, 5.74) is 2.29. The van der Waals surface area contributed by atoms with Gasteiger partial charge in [-0.3, -0.25) is 19.2 Å². The van der Waals surface area contributed by atoms with Crippen LogP contribution in [0.25, 0.3) is 0 Å². The van der Waals surface area contributed by atoms with Gasteiger partial charge in [0.05, 0.1) is 56.1 Å². The van der Waals surface area contributed by atoms with Crippen LogP contribution in [0.4, 0.5) is 0 Å². The normalized spacial score (nSPS) is 10.8. The third-order valence-corrected chi connectivity index (χ3v) is 7.16. The van der Waals surface area contributed by atoms with Crippen LogP contribution >= 0.6 is 0 Å². The lowest BCUT2D eigenvalue weighted by Gasteiger charge is -2.38. The highest BCUT2D eigenvalue weighted by Crippen LogP contribution is 2.48. The predicted octanol–water partition coefficient (Wildman–Crippen LogP) is 5.35. The first-order valence-corrected chi connectivity index (χ1v) is 12.5. The first kappa shape index (κ1) is 28.8. The molecule has 0 saturated carbocycles. The van der Waals surface area contributed by atoms with Gasteiger partial charge >= 0.3 is 0 Å².